The van der Waals surface area contributed by atoms with Gasteiger partial charge < -0.3 is 23.5 Å². The number of nitrogens with zero attached hydrogens (tertiary/aromatic N) is 1. The number of benzene rings is 6. The average Bonchev–Trinajstić information content (AvgIpc) is 3.74. The Hall–Kier alpha value is -5.68. The third-order valence-corrected chi connectivity index (χ3v) is 12.6. The molecule has 298 valence electrons. The minimum absolute atomic E-state index is 0.00334. The standard InChI is InChI=1S/C53H57NO4/c1-7-9-11-15-29-53(30-16-12-10-8-2)45-18-14-13-17-41(45)42-24-23-40(35-46(42)53)54-47-25-19-36(38-21-27-49(55-3)51(33-38)57-5)31-43(47)44-32-37(20-26-48(44)54)39-22-28-50(56-4)52(34-39)58-6/h13-14,17-28,31-35H,7-12,15-16,29-30H2,1-6H3. The van der Waals surface area contributed by atoms with Crippen molar-refractivity contribution in [1.82, 2.24) is 4.57 Å². The summed E-state index contributed by atoms with van der Waals surface area (Å²) < 4.78 is 25.1. The number of aromatic nitrogens is 1. The van der Waals surface area contributed by atoms with Gasteiger partial charge in [-0.3, -0.25) is 0 Å². The van der Waals surface area contributed by atoms with Crippen molar-refractivity contribution >= 4 is 21.8 Å². The molecule has 0 radical (unpaired) electrons. The molecule has 0 saturated carbocycles. The van der Waals surface area contributed by atoms with Gasteiger partial charge in [-0.05, 0) is 118 Å². The van der Waals surface area contributed by atoms with Crippen LogP contribution in [0.3, 0.4) is 0 Å². The first kappa shape index (κ1) is 39.2. The van der Waals surface area contributed by atoms with E-state index in [1.807, 2.05) is 12.1 Å². The van der Waals surface area contributed by atoms with E-state index < -0.39 is 0 Å². The summed E-state index contributed by atoms with van der Waals surface area (Å²) in [5.41, 5.74) is 13.8. The summed E-state index contributed by atoms with van der Waals surface area (Å²) in [5.74, 6) is 2.86. The number of hydrogen-bond donors (Lipinski definition) is 0. The average molecular weight is 772 g/mol. The van der Waals surface area contributed by atoms with Crippen molar-refractivity contribution in [3.63, 3.8) is 0 Å². The van der Waals surface area contributed by atoms with Gasteiger partial charge >= 0.3 is 0 Å². The van der Waals surface area contributed by atoms with E-state index in [-0.39, 0.29) is 5.41 Å². The van der Waals surface area contributed by atoms with Gasteiger partial charge in [-0.1, -0.05) is 120 Å². The maximum absolute atomic E-state index is 5.72. The topological polar surface area (TPSA) is 41.9 Å². The third kappa shape index (κ3) is 6.99. The number of methoxy groups -OCH3 is 4. The van der Waals surface area contributed by atoms with E-state index in [1.165, 1.54) is 114 Å². The largest absolute Gasteiger partial charge is 0.493 e. The van der Waals surface area contributed by atoms with Crippen molar-refractivity contribution in [2.45, 2.75) is 83.5 Å². The van der Waals surface area contributed by atoms with E-state index in [0.717, 1.165) is 22.3 Å². The lowest BCUT2D eigenvalue weighted by molar-refractivity contribution is 0.355. The Morgan fingerprint density at radius 3 is 1.43 bits per heavy atom. The number of rotatable bonds is 17. The highest BCUT2D eigenvalue weighted by atomic mass is 16.5. The summed E-state index contributed by atoms with van der Waals surface area (Å²) in [4.78, 5) is 0. The van der Waals surface area contributed by atoms with Crippen molar-refractivity contribution < 1.29 is 18.9 Å². The minimum atomic E-state index is 0.00334. The fraction of sp³-hybridized carbons (Fsp3) is 0.321. The lowest BCUT2D eigenvalue weighted by atomic mass is 9.70. The molecule has 0 saturated heterocycles. The smallest absolute Gasteiger partial charge is 0.161 e. The van der Waals surface area contributed by atoms with Crippen molar-refractivity contribution in [3.05, 3.63) is 126 Å². The number of unbranched alkanes of at least 4 members (excludes halogenated alkanes) is 6. The second-order valence-corrected chi connectivity index (χ2v) is 15.9. The summed E-state index contributed by atoms with van der Waals surface area (Å²) in [6.07, 6.45) is 12.5. The zero-order valence-corrected chi connectivity index (χ0v) is 35.1. The highest BCUT2D eigenvalue weighted by Crippen LogP contribution is 2.55. The van der Waals surface area contributed by atoms with E-state index in [0.29, 0.717) is 23.0 Å². The molecule has 1 aliphatic rings. The molecule has 5 heteroatoms. The maximum Gasteiger partial charge on any atom is 0.161 e. The molecule has 0 aliphatic heterocycles. The Balaban J connectivity index is 1.33. The van der Waals surface area contributed by atoms with Crippen LogP contribution in [0.15, 0.2) is 115 Å². The van der Waals surface area contributed by atoms with Crippen LogP contribution in [0, 0.1) is 0 Å². The van der Waals surface area contributed by atoms with Crippen molar-refractivity contribution in [2.75, 3.05) is 28.4 Å². The fourth-order valence-electron chi connectivity index (χ4n) is 9.65. The molecule has 0 spiro atoms. The zero-order valence-electron chi connectivity index (χ0n) is 35.1. The first-order valence-electron chi connectivity index (χ1n) is 21.3. The summed E-state index contributed by atoms with van der Waals surface area (Å²) in [7, 11) is 6.73. The van der Waals surface area contributed by atoms with Crippen LogP contribution in [0.1, 0.15) is 89.2 Å². The normalized spacial score (nSPS) is 12.8. The van der Waals surface area contributed by atoms with Gasteiger partial charge in [0, 0.05) is 21.9 Å². The van der Waals surface area contributed by atoms with Crippen molar-refractivity contribution in [3.8, 4) is 62.1 Å². The predicted molar refractivity (Wildman–Crippen MR) is 242 cm³/mol. The van der Waals surface area contributed by atoms with E-state index in [1.54, 1.807) is 28.4 Å². The van der Waals surface area contributed by atoms with E-state index >= 15 is 0 Å². The molecule has 0 amide bonds. The zero-order chi connectivity index (χ0) is 40.2. The van der Waals surface area contributed by atoms with Gasteiger partial charge in [0.2, 0.25) is 0 Å². The lowest BCUT2D eigenvalue weighted by Crippen LogP contribution is -2.25. The highest BCUT2D eigenvalue weighted by Gasteiger charge is 2.42. The molecule has 6 aromatic carbocycles. The Morgan fingerprint density at radius 2 is 0.914 bits per heavy atom. The van der Waals surface area contributed by atoms with Crippen LogP contribution in [-0.4, -0.2) is 33.0 Å². The summed E-state index contributed by atoms with van der Waals surface area (Å²) >= 11 is 0. The summed E-state index contributed by atoms with van der Waals surface area (Å²) in [6, 6.07) is 42.6. The Morgan fingerprint density at radius 1 is 0.431 bits per heavy atom. The van der Waals surface area contributed by atoms with Crippen LogP contribution in [0.25, 0.3) is 60.9 Å². The van der Waals surface area contributed by atoms with Crippen molar-refractivity contribution in [1.29, 1.82) is 0 Å². The number of fused-ring (bicyclic) bond motifs is 6. The van der Waals surface area contributed by atoms with Gasteiger partial charge in [-0.15, -0.1) is 0 Å². The van der Waals surface area contributed by atoms with E-state index in [9.17, 15) is 0 Å². The van der Waals surface area contributed by atoms with Gasteiger partial charge in [-0.25, -0.2) is 0 Å². The first-order chi connectivity index (χ1) is 28.5. The van der Waals surface area contributed by atoms with E-state index in [4.69, 9.17) is 18.9 Å². The lowest BCUT2D eigenvalue weighted by Gasteiger charge is -2.33. The molecule has 0 N–H and O–H groups in total. The quantitative estimate of drug-likeness (QED) is 0.0865. The Kier molecular flexibility index (Phi) is 11.5. The number of ether oxygens (including phenoxy) is 4. The van der Waals surface area contributed by atoms with Crippen LogP contribution < -0.4 is 18.9 Å². The van der Waals surface area contributed by atoms with E-state index in [2.05, 4.69) is 122 Å². The monoisotopic (exact) mass is 771 g/mol. The van der Waals surface area contributed by atoms with Crippen LogP contribution >= 0.6 is 0 Å². The molecule has 1 heterocycles. The molecule has 1 aliphatic carbocycles. The van der Waals surface area contributed by atoms with Crippen LogP contribution in [0.2, 0.25) is 0 Å². The SMILES string of the molecule is CCCCCCC1(CCCCCC)c2ccccc2-c2ccc(-n3c4ccc(-c5ccc(OC)c(OC)c5)cc4c4cc(-c5ccc(OC)c(OC)c5)ccc43)cc21. The fourth-order valence-corrected chi connectivity index (χ4v) is 9.65. The van der Waals surface area contributed by atoms with Crippen molar-refractivity contribution in [2.24, 2.45) is 0 Å². The number of hydrogen-bond acceptors (Lipinski definition) is 4. The molecule has 0 bridgehead atoms. The van der Waals surface area contributed by atoms with Gasteiger partial charge in [0.15, 0.2) is 23.0 Å². The molecule has 7 aromatic rings. The minimum Gasteiger partial charge on any atom is -0.493 e. The molecule has 1 aromatic heterocycles. The summed E-state index contributed by atoms with van der Waals surface area (Å²) in [6.45, 7) is 4.62. The highest BCUT2D eigenvalue weighted by molar-refractivity contribution is 6.11. The summed E-state index contributed by atoms with van der Waals surface area (Å²) in [5, 5.41) is 2.39. The molecule has 58 heavy (non-hydrogen) atoms. The van der Waals surface area contributed by atoms with Crippen LogP contribution in [0.4, 0.5) is 0 Å². The molecule has 0 fully saturated rings. The predicted octanol–water partition coefficient (Wildman–Crippen LogP) is 14.4. The first-order valence-corrected chi connectivity index (χ1v) is 21.3. The maximum atomic E-state index is 5.72. The molecular weight excluding hydrogens is 715 g/mol. The second-order valence-electron chi connectivity index (χ2n) is 15.9. The van der Waals surface area contributed by atoms with Crippen LogP contribution in [-0.2, 0) is 5.41 Å². The van der Waals surface area contributed by atoms with Crippen LogP contribution in [0.5, 0.6) is 23.0 Å². The van der Waals surface area contributed by atoms with Gasteiger partial charge in [0.05, 0.1) is 39.5 Å². The van der Waals surface area contributed by atoms with Gasteiger partial charge in [0.1, 0.15) is 0 Å². The van der Waals surface area contributed by atoms with Gasteiger partial charge in [-0.2, -0.15) is 0 Å². The molecule has 0 unspecified atom stereocenters. The molecule has 0 atom stereocenters. The molecular formula is C53H57NO4. The van der Waals surface area contributed by atoms with Gasteiger partial charge in [0.25, 0.3) is 0 Å². The Labute approximate surface area is 344 Å². The Bertz CT molecular complexity index is 2440. The molecule has 5 nitrogen and oxygen atoms in total. The third-order valence-electron chi connectivity index (χ3n) is 12.6. The second kappa shape index (κ2) is 17.0. The molecule has 8 rings (SSSR count).